The largest absolute Gasteiger partial charge is 0.444 e. The maximum Gasteiger partial charge on any atom is 0.410 e. The summed E-state index contributed by atoms with van der Waals surface area (Å²) in [6.45, 7) is 12.6. The molecule has 1 saturated heterocycles. The van der Waals surface area contributed by atoms with E-state index in [1.165, 1.54) is 12.8 Å². The molecule has 0 spiro atoms. The molecule has 2 rings (SSSR count). The Hall–Kier alpha value is -1.30. The fraction of sp³-hybridized carbons (Fsp3) is 0.900. The van der Waals surface area contributed by atoms with Crippen LogP contribution < -0.4 is 10.6 Å². The van der Waals surface area contributed by atoms with Crippen LogP contribution in [-0.4, -0.2) is 54.7 Å². The molecule has 0 aromatic heterocycles. The van der Waals surface area contributed by atoms with Gasteiger partial charge in [0, 0.05) is 25.7 Å². The van der Waals surface area contributed by atoms with E-state index < -0.39 is 5.60 Å². The number of carbonyl (C=O) groups is 2. The fourth-order valence-corrected chi connectivity index (χ4v) is 3.27. The van der Waals surface area contributed by atoms with Crippen LogP contribution in [0.4, 0.5) is 4.79 Å². The molecular formula is C20H37N3O3. The van der Waals surface area contributed by atoms with Crippen molar-refractivity contribution in [1.82, 2.24) is 15.5 Å². The molecule has 1 unspecified atom stereocenters. The number of carbonyl (C=O) groups excluding carboxylic acids is 2. The van der Waals surface area contributed by atoms with E-state index >= 15 is 0 Å². The Bertz CT molecular complexity index is 483. The number of nitrogens with one attached hydrogen (secondary N) is 2. The van der Waals surface area contributed by atoms with Gasteiger partial charge in [-0.2, -0.15) is 0 Å². The van der Waals surface area contributed by atoms with Crippen LogP contribution in [-0.2, 0) is 9.53 Å². The summed E-state index contributed by atoms with van der Waals surface area (Å²) in [5, 5.41) is 6.59. The summed E-state index contributed by atoms with van der Waals surface area (Å²) in [5.74, 6) is 0.762. The summed E-state index contributed by atoms with van der Waals surface area (Å²) in [4.78, 5) is 26.9. The minimum absolute atomic E-state index is 0.0651. The van der Waals surface area contributed by atoms with Crippen LogP contribution in [0.5, 0.6) is 0 Å². The Morgan fingerprint density at radius 1 is 1.19 bits per heavy atom. The predicted octanol–water partition coefficient (Wildman–Crippen LogP) is 2.77. The first-order chi connectivity index (χ1) is 12.1. The molecule has 2 amide bonds. The summed E-state index contributed by atoms with van der Waals surface area (Å²) in [5.41, 5.74) is -0.523. The summed E-state index contributed by atoms with van der Waals surface area (Å²) < 4.78 is 5.54. The first kappa shape index (κ1) is 21.0. The quantitative estimate of drug-likeness (QED) is 0.726. The van der Waals surface area contributed by atoms with E-state index in [2.05, 4.69) is 24.5 Å². The number of piperidine rings is 1. The van der Waals surface area contributed by atoms with Crippen molar-refractivity contribution in [1.29, 1.82) is 0 Å². The van der Waals surface area contributed by atoms with Crippen molar-refractivity contribution in [2.75, 3.05) is 26.2 Å². The number of likely N-dealkylation sites (tertiary alicyclic amines) is 1. The van der Waals surface area contributed by atoms with Crippen LogP contribution in [0.25, 0.3) is 0 Å². The third-order valence-electron chi connectivity index (χ3n) is 4.85. The molecule has 0 aromatic rings. The van der Waals surface area contributed by atoms with E-state index in [9.17, 15) is 9.59 Å². The van der Waals surface area contributed by atoms with Crippen molar-refractivity contribution in [2.45, 2.75) is 71.9 Å². The van der Waals surface area contributed by atoms with Gasteiger partial charge in [0.25, 0.3) is 0 Å². The van der Waals surface area contributed by atoms with Crippen molar-refractivity contribution in [2.24, 2.45) is 17.8 Å². The van der Waals surface area contributed by atoms with E-state index in [4.69, 9.17) is 4.74 Å². The molecule has 6 nitrogen and oxygen atoms in total. The van der Waals surface area contributed by atoms with Crippen molar-refractivity contribution < 1.29 is 14.3 Å². The zero-order chi connectivity index (χ0) is 19.3. The number of amides is 2. The van der Waals surface area contributed by atoms with Crippen molar-refractivity contribution in [3.63, 3.8) is 0 Å². The monoisotopic (exact) mass is 367 g/mol. The van der Waals surface area contributed by atoms with Gasteiger partial charge >= 0.3 is 6.09 Å². The molecule has 2 aliphatic rings. The minimum atomic E-state index is -0.523. The number of nitrogens with zero attached hydrogens (tertiary/aromatic N) is 1. The molecule has 26 heavy (non-hydrogen) atoms. The van der Waals surface area contributed by atoms with E-state index in [0.29, 0.717) is 31.6 Å². The molecule has 0 aromatic carbocycles. The smallest absolute Gasteiger partial charge is 0.410 e. The summed E-state index contributed by atoms with van der Waals surface area (Å²) in [6, 6.07) is 0.630. The molecule has 1 aliphatic carbocycles. The average molecular weight is 368 g/mol. The van der Waals surface area contributed by atoms with Crippen LogP contribution >= 0.6 is 0 Å². The molecule has 0 radical (unpaired) electrons. The number of ether oxygens (including phenoxy) is 1. The lowest BCUT2D eigenvalue weighted by molar-refractivity contribution is -0.127. The van der Waals surface area contributed by atoms with Gasteiger partial charge in [0.15, 0.2) is 0 Å². The Kier molecular flexibility index (Phi) is 7.33. The Morgan fingerprint density at radius 2 is 1.88 bits per heavy atom. The molecule has 2 N–H and O–H groups in total. The van der Waals surface area contributed by atoms with Crippen LogP contribution in [0.15, 0.2) is 0 Å². The minimum Gasteiger partial charge on any atom is -0.444 e. The predicted molar refractivity (Wildman–Crippen MR) is 103 cm³/mol. The average Bonchev–Trinajstić information content (AvgIpc) is 3.35. The lowest BCUT2D eigenvalue weighted by Crippen LogP contribution is -2.51. The number of hydrogen-bond acceptors (Lipinski definition) is 4. The molecule has 150 valence electrons. The lowest BCUT2D eigenvalue weighted by Gasteiger charge is -2.38. The zero-order valence-corrected chi connectivity index (χ0v) is 17.1. The topological polar surface area (TPSA) is 70.7 Å². The van der Waals surface area contributed by atoms with Crippen molar-refractivity contribution in [3.05, 3.63) is 0 Å². The van der Waals surface area contributed by atoms with Gasteiger partial charge in [-0.25, -0.2) is 4.79 Å². The van der Waals surface area contributed by atoms with Gasteiger partial charge in [-0.15, -0.1) is 0 Å². The highest BCUT2D eigenvalue weighted by Gasteiger charge is 2.36. The molecule has 6 heteroatoms. The van der Waals surface area contributed by atoms with Gasteiger partial charge in [0.1, 0.15) is 5.60 Å². The lowest BCUT2D eigenvalue weighted by atomic mass is 9.88. The second-order valence-corrected chi connectivity index (χ2v) is 9.34. The SMILES string of the molecule is CC(C)CCNC(=O)[C@H]1CC(CNC2CC2)CN(C(=O)OC(C)(C)C)C1. The second-order valence-electron chi connectivity index (χ2n) is 9.34. The van der Waals surface area contributed by atoms with Gasteiger partial charge in [0.05, 0.1) is 5.92 Å². The van der Waals surface area contributed by atoms with Gasteiger partial charge in [-0.1, -0.05) is 13.8 Å². The maximum atomic E-state index is 12.6. The molecule has 1 aliphatic heterocycles. The molecule has 2 atom stereocenters. The first-order valence-electron chi connectivity index (χ1n) is 10.1. The maximum absolute atomic E-state index is 12.6. The molecule has 0 bridgehead atoms. The van der Waals surface area contributed by atoms with Gasteiger partial charge in [-0.3, -0.25) is 4.79 Å². The normalized spacial score (nSPS) is 23.8. The van der Waals surface area contributed by atoms with Crippen molar-refractivity contribution in [3.8, 4) is 0 Å². The highest BCUT2D eigenvalue weighted by molar-refractivity contribution is 5.80. The van der Waals surface area contributed by atoms with Crippen LogP contribution in [0, 0.1) is 17.8 Å². The summed E-state index contributed by atoms with van der Waals surface area (Å²) in [7, 11) is 0. The van der Waals surface area contributed by atoms with Crippen LogP contribution in [0.1, 0.15) is 60.3 Å². The van der Waals surface area contributed by atoms with E-state index in [0.717, 1.165) is 19.4 Å². The zero-order valence-electron chi connectivity index (χ0n) is 17.1. The van der Waals surface area contributed by atoms with Gasteiger partial charge in [-0.05, 0) is 64.8 Å². The second kappa shape index (κ2) is 9.07. The number of rotatable bonds is 7. The molecule has 1 heterocycles. The molecular weight excluding hydrogens is 330 g/mol. The van der Waals surface area contributed by atoms with E-state index in [1.807, 2.05) is 20.8 Å². The highest BCUT2D eigenvalue weighted by Crippen LogP contribution is 2.25. The van der Waals surface area contributed by atoms with Crippen LogP contribution in [0.2, 0.25) is 0 Å². The standard InChI is InChI=1S/C20H37N3O3/c1-14(2)8-9-21-18(24)16-10-15(11-22-17-6-7-17)12-23(13-16)19(25)26-20(3,4)5/h14-17,22H,6-13H2,1-5H3,(H,21,24)/t15?,16-/m0/s1. The number of hydrogen-bond donors (Lipinski definition) is 2. The molecule has 1 saturated carbocycles. The van der Waals surface area contributed by atoms with E-state index in [-0.39, 0.29) is 23.8 Å². The Morgan fingerprint density at radius 3 is 2.46 bits per heavy atom. The molecule has 2 fully saturated rings. The van der Waals surface area contributed by atoms with Gasteiger partial charge in [0.2, 0.25) is 5.91 Å². The fourth-order valence-electron chi connectivity index (χ4n) is 3.27. The third kappa shape index (κ3) is 7.52. The van der Waals surface area contributed by atoms with E-state index in [1.54, 1.807) is 4.90 Å². The highest BCUT2D eigenvalue weighted by atomic mass is 16.6. The van der Waals surface area contributed by atoms with Crippen molar-refractivity contribution >= 4 is 12.0 Å². The third-order valence-corrected chi connectivity index (χ3v) is 4.85. The van der Waals surface area contributed by atoms with Gasteiger partial charge < -0.3 is 20.3 Å². The first-order valence-corrected chi connectivity index (χ1v) is 10.1. The van der Waals surface area contributed by atoms with Crippen LogP contribution in [0.3, 0.4) is 0 Å². The Balaban J connectivity index is 1.93. The summed E-state index contributed by atoms with van der Waals surface area (Å²) in [6.07, 6.45) is 3.96. The summed E-state index contributed by atoms with van der Waals surface area (Å²) >= 11 is 0. The Labute approximate surface area is 158 Å².